The molecule has 4 nitrogen and oxygen atoms in total. The van der Waals surface area contributed by atoms with Crippen LogP contribution < -0.4 is 11.1 Å². The summed E-state index contributed by atoms with van der Waals surface area (Å²) in [5.74, 6) is 0. The number of nitrogens with zero attached hydrogens (tertiary/aromatic N) is 1. The zero-order valence-electron chi connectivity index (χ0n) is 12.3. The highest BCUT2D eigenvalue weighted by Gasteiger charge is 2.10. The molecule has 0 bridgehead atoms. The third-order valence-electron chi connectivity index (χ3n) is 3.67. The molecule has 0 amide bonds. The Hall–Kier alpha value is -0.940. The van der Waals surface area contributed by atoms with Crippen molar-refractivity contribution >= 4 is 0 Å². The Bertz CT molecular complexity index is 360. The minimum Gasteiger partial charge on any atom is -0.379 e. The molecule has 0 saturated carbocycles. The molecule has 1 aliphatic rings. The second-order valence-electron chi connectivity index (χ2n) is 5.38. The number of morpholine rings is 1. The first-order valence-corrected chi connectivity index (χ1v) is 7.67. The number of rotatable bonds is 8. The van der Waals surface area contributed by atoms with Gasteiger partial charge in [0.15, 0.2) is 0 Å². The average Bonchev–Trinajstić information content (AvgIpc) is 2.50. The lowest BCUT2D eigenvalue weighted by molar-refractivity contribution is 0.0342. The normalized spacial score (nSPS) is 16.4. The van der Waals surface area contributed by atoms with E-state index < -0.39 is 0 Å². The van der Waals surface area contributed by atoms with E-state index in [-0.39, 0.29) is 0 Å². The molecule has 0 spiro atoms. The summed E-state index contributed by atoms with van der Waals surface area (Å²) in [6.45, 7) is 7.64. The molecule has 1 heterocycles. The van der Waals surface area contributed by atoms with Gasteiger partial charge in [-0.2, -0.15) is 0 Å². The zero-order chi connectivity index (χ0) is 14.0. The maximum atomic E-state index is 5.48. The van der Waals surface area contributed by atoms with Crippen molar-refractivity contribution in [3.05, 3.63) is 35.4 Å². The smallest absolute Gasteiger partial charge is 0.0594 e. The SMILES string of the molecule is NCCCCNCc1ccc(CN2CCOCC2)cc1. The van der Waals surface area contributed by atoms with Crippen LogP contribution in [0.15, 0.2) is 24.3 Å². The van der Waals surface area contributed by atoms with E-state index in [2.05, 4.69) is 34.5 Å². The van der Waals surface area contributed by atoms with E-state index in [9.17, 15) is 0 Å². The second-order valence-corrected chi connectivity index (χ2v) is 5.38. The van der Waals surface area contributed by atoms with E-state index >= 15 is 0 Å². The van der Waals surface area contributed by atoms with Crippen molar-refractivity contribution < 1.29 is 4.74 Å². The Balaban J connectivity index is 1.69. The van der Waals surface area contributed by atoms with E-state index in [1.54, 1.807) is 0 Å². The topological polar surface area (TPSA) is 50.5 Å². The van der Waals surface area contributed by atoms with Gasteiger partial charge in [0, 0.05) is 26.2 Å². The molecule has 1 fully saturated rings. The predicted molar refractivity (Wildman–Crippen MR) is 82.5 cm³/mol. The van der Waals surface area contributed by atoms with Crippen LogP contribution >= 0.6 is 0 Å². The van der Waals surface area contributed by atoms with Crippen molar-refractivity contribution in [3.63, 3.8) is 0 Å². The summed E-state index contributed by atoms with van der Waals surface area (Å²) in [5.41, 5.74) is 8.21. The molecule has 0 radical (unpaired) electrons. The van der Waals surface area contributed by atoms with Gasteiger partial charge in [-0.25, -0.2) is 0 Å². The Kier molecular flexibility index (Phi) is 7.01. The molecule has 0 aromatic heterocycles. The van der Waals surface area contributed by atoms with Crippen molar-refractivity contribution in [1.29, 1.82) is 0 Å². The van der Waals surface area contributed by atoms with Gasteiger partial charge in [-0.15, -0.1) is 0 Å². The van der Waals surface area contributed by atoms with Gasteiger partial charge in [-0.3, -0.25) is 4.90 Å². The molecule has 4 heteroatoms. The molecule has 112 valence electrons. The molecular weight excluding hydrogens is 250 g/mol. The van der Waals surface area contributed by atoms with Gasteiger partial charge >= 0.3 is 0 Å². The fraction of sp³-hybridized carbons (Fsp3) is 0.625. The zero-order valence-corrected chi connectivity index (χ0v) is 12.3. The third-order valence-corrected chi connectivity index (χ3v) is 3.67. The molecule has 2 rings (SSSR count). The van der Waals surface area contributed by atoms with Crippen molar-refractivity contribution in [1.82, 2.24) is 10.2 Å². The van der Waals surface area contributed by atoms with E-state index in [1.165, 1.54) is 11.1 Å². The van der Waals surface area contributed by atoms with Gasteiger partial charge in [0.05, 0.1) is 13.2 Å². The van der Waals surface area contributed by atoms with E-state index in [0.29, 0.717) is 0 Å². The van der Waals surface area contributed by atoms with Crippen molar-refractivity contribution in [2.75, 3.05) is 39.4 Å². The number of unbranched alkanes of at least 4 members (excludes halogenated alkanes) is 1. The number of hydrogen-bond acceptors (Lipinski definition) is 4. The summed E-state index contributed by atoms with van der Waals surface area (Å²) < 4.78 is 5.37. The molecular formula is C16H27N3O. The highest BCUT2D eigenvalue weighted by molar-refractivity contribution is 5.22. The third kappa shape index (κ3) is 5.59. The Morgan fingerprint density at radius 3 is 2.45 bits per heavy atom. The van der Waals surface area contributed by atoms with Crippen LogP contribution in [0.2, 0.25) is 0 Å². The predicted octanol–water partition coefficient (Wildman–Crippen LogP) is 1.35. The molecule has 1 aliphatic heterocycles. The van der Waals surface area contributed by atoms with Crippen LogP contribution in [-0.2, 0) is 17.8 Å². The highest BCUT2D eigenvalue weighted by atomic mass is 16.5. The molecule has 1 aromatic rings. The van der Waals surface area contributed by atoms with E-state index in [1.807, 2.05) is 0 Å². The summed E-state index contributed by atoms with van der Waals surface area (Å²) >= 11 is 0. The fourth-order valence-electron chi connectivity index (χ4n) is 2.41. The first-order valence-electron chi connectivity index (χ1n) is 7.67. The van der Waals surface area contributed by atoms with Crippen LogP contribution in [0.5, 0.6) is 0 Å². The molecule has 20 heavy (non-hydrogen) atoms. The van der Waals surface area contributed by atoms with Crippen LogP contribution in [0.4, 0.5) is 0 Å². The Morgan fingerprint density at radius 1 is 1.05 bits per heavy atom. The lowest BCUT2D eigenvalue weighted by atomic mass is 10.1. The standard InChI is InChI=1S/C16H27N3O/c17-7-1-2-8-18-13-15-3-5-16(6-4-15)14-19-9-11-20-12-10-19/h3-6,18H,1-2,7-14,17H2. The van der Waals surface area contributed by atoms with Gasteiger partial charge in [-0.05, 0) is 37.1 Å². The van der Waals surface area contributed by atoms with Crippen LogP contribution in [0.1, 0.15) is 24.0 Å². The molecule has 3 N–H and O–H groups in total. The lowest BCUT2D eigenvalue weighted by Crippen LogP contribution is -2.35. The molecule has 0 atom stereocenters. The summed E-state index contributed by atoms with van der Waals surface area (Å²) in [6, 6.07) is 8.94. The quantitative estimate of drug-likeness (QED) is 0.704. The minimum absolute atomic E-state index is 0.790. The number of benzene rings is 1. The van der Waals surface area contributed by atoms with Gasteiger partial charge in [0.25, 0.3) is 0 Å². The first kappa shape index (κ1) is 15.4. The van der Waals surface area contributed by atoms with E-state index in [0.717, 1.165) is 65.3 Å². The second kappa shape index (κ2) is 9.08. The Morgan fingerprint density at radius 2 is 1.75 bits per heavy atom. The van der Waals surface area contributed by atoms with Gasteiger partial charge in [0.2, 0.25) is 0 Å². The van der Waals surface area contributed by atoms with Gasteiger partial charge in [0.1, 0.15) is 0 Å². The summed E-state index contributed by atoms with van der Waals surface area (Å²) in [5, 5.41) is 3.45. The minimum atomic E-state index is 0.790. The number of nitrogens with two attached hydrogens (primary N) is 1. The number of hydrogen-bond donors (Lipinski definition) is 2. The molecule has 1 saturated heterocycles. The summed E-state index contributed by atoms with van der Waals surface area (Å²) in [4.78, 5) is 2.45. The van der Waals surface area contributed by atoms with Crippen molar-refractivity contribution in [2.24, 2.45) is 5.73 Å². The summed E-state index contributed by atoms with van der Waals surface area (Å²) in [7, 11) is 0. The van der Waals surface area contributed by atoms with Crippen molar-refractivity contribution in [3.8, 4) is 0 Å². The van der Waals surface area contributed by atoms with Crippen LogP contribution in [0.25, 0.3) is 0 Å². The maximum Gasteiger partial charge on any atom is 0.0594 e. The maximum absolute atomic E-state index is 5.48. The average molecular weight is 277 g/mol. The van der Waals surface area contributed by atoms with Crippen LogP contribution in [-0.4, -0.2) is 44.3 Å². The van der Waals surface area contributed by atoms with Crippen LogP contribution in [0, 0.1) is 0 Å². The summed E-state index contributed by atoms with van der Waals surface area (Å²) in [6.07, 6.45) is 2.26. The van der Waals surface area contributed by atoms with Crippen molar-refractivity contribution in [2.45, 2.75) is 25.9 Å². The molecule has 1 aromatic carbocycles. The highest BCUT2D eigenvalue weighted by Crippen LogP contribution is 2.09. The number of ether oxygens (including phenoxy) is 1. The monoisotopic (exact) mass is 277 g/mol. The first-order chi connectivity index (χ1) is 9.88. The van der Waals surface area contributed by atoms with E-state index in [4.69, 9.17) is 10.5 Å². The number of nitrogens with one attached hydrogen (secondary N) is 1. The molecule has 0 aliphatic carbocycles. The molecule has 0 unspecified atom stereocenters. The van der Waals surface area contributed by atoms with Crippen LogP contribution in [0.3, 0.4) is 0 Å². The lowest BCUT2D eigenvalue weighted by Gasteiger charge is -2.26. The Labute approximate surface area is 122 Å². The van der Waals surface area contributed by atoms with Gasteiger partial charge in [-0.1, -0.05) is 24.3 Å². The van der Waals surface area contributed by atoms with Gasteiger partial charge < -0.3 is 15.8 Å². The largest absolute Gasteiger partial charge is 0.379 e. The fourth-order valence-corrected chi connectivity index (χ4v) is 2.41.